The van der Waals surface area contributed by atoms with Crippen LogP contribution in [0.4, 0.5) is 5.69 Å². The maximum atomic E-state index is 14.5. The number of hydrogen-bond acceptors (Lipinski definition) is 5. The molecule has 2 bridgehead atoms. The van der Waals surface area contributed by atoms with Gasteiger partial charge in [-0.15, -0.1) is 13.2 Å². The third kappa shape index (κ3) is 5.37. The number of unbranched alkanes of at least 4 members (excludes halogenated alkanes) is 3. The molecule has 3 saturated heterocycles. The standard InChI is InChI=1S/C33H47N3O5/c1-6-20-34(24(4)5)31(40)28-33-19-18-32(8-3,41-33)26(27(33)30(39)36(28)22-14-9-10-15-23-37)29(38)35(21-7-2)25-16-12-11-13-17-25/h6-7,11-13,16-17,24,26-28,37H,1-2,8-10,14-15,18-23H2,3-5H3/t26-,27-,28?,32+,33?/m0/s1. The Hall–Kier alpha value is -2.97. The number of amides is 3. The van der Waals surface area contributed by atoms with E-state index in [0.717, 1.165) is 18.5 Å². The van der Waals surface area contributed by atoms with Gasteiger partial charge in [-0.3, -0.25) is 14.4 Å². The number of carbonyl (C=O) groups excluding carboxylic acids is 3. The largest absolute Gasteiger partial charge is 0.396 e. The molecule has 8 heteroatoms. The molecule has 8 nitrogen and oxygen atoms in total. The lowest BCUT2D eigenvalue weighted by Crippen LogP contribution is -2.57. The van der Waals surface area contributed by atoms with E-state index in [1.807, 2.05) is 51.1 Å². The van der Waals surface area contributed by atoms with Crippen molar-refractivity contribution in [1.82, 2.24) is 9.80 Å². The van der Waals surface area contributed by atoms with Crippen molar-refractivity contribution in [3.8, 4) is 0 Å². The Balaban J connectivity index is 1.77. The first-order valence-corrected chi connectivity index (χ1v) is 15.2. The SMILES string of the molecule is C=CCN(C(=O)[C@@H]1[C@H]2C(=O)N(CCCCCCO)C(C(=O)N(CC=C)C(C)C)C23CC[C@@]1(CC)O3)c1ccccc1. The highest BCUT2D eigenvalue weighted by Gasteiger charge is 2.79. The van der Waals surface area contributed by atoms with E-state index in [-0.39, 0.29) is 30.4 Å². The van der Waals surface area contributed by atoms with Gasteiger partial charge in [-0.2, -0.15) is 0 Å². The van der Waals surface area contributed by atoms with Gasteiger partial charge < -0.3 is 24.5 Å². The summed E-state index contributed by atoms with van der Waals surface area (Å²) in [5, 5.41) is 9.19. The molecule has 1 aromatic rings. The van der Waals surface area contributed by atoms with Crippen LogP contribution >= 0.6 is 0 Å². The van der Waals surface area contributed by atoms with Gasteiger partial charge in [0.15, 0.2) is 0 Å². The summed E-state index contributed by atoms with van der Waals surface area (Å²) in [6.45, 7) is 14.9. The zero-order valence-corrected chi connectivity index (χ0v) is 25.0. The number of fused-ring (bicyclic) bond motifs is 1. The van der Waals surface area contributed by atoms with Crippen molar-refractivity contribution in [2.45, 2.75) is 89.0 Å². The lowest BCUT2D eigenvalue weighted by Gasteiger charge is -2.38. The number of aliphatic hydroxyl groups is 1. The van der Waals surface area contributed by atoms with E-state index < -0.39 is 29.1 Å². The fourth-order valence-electron chi connectivity index (χ4n) is 7.44. The molecule has 2 unspecified atom stereocenters. The van der Waals surface area contributed by atoms with Crippen molar-refractivity contribution in [2.75, 3.05) is 31.1 Å². The van der Waals surface area contributed by atoms with Crippen LogP contribution in [-0.4, -0.2) is 82.2 Å². The summed E-state index contributed by atoms with van der Waals surface area (Å²) in [7, 11) is 0. The summed E-state index contributed by atoms with van der Waals surface area (Å²) in [6, 6.07) is 8.58. The Bertz CT molecular complexity index is 1120. The van der Waals surface area contributed by atoms with Crippen LogP contribution in [0.5, 0.6) is 0 Å². The van der Waals surface area contributed by atoms with E-state index in [0.29, 0.717) is 51.7 Å². The molecular formula is C33H47N3O5. The number of nitrogens with zero attached hydrogens (tertiary/aromatic N) is 3. The van der Waals surface area contributed by atoms with Crippen LogP contribution in [0.1, 0.15) is 65.7 Å². The van der Waals surface area contributed by atoms with Gasteiger partial charge in [-0.25, -0.2) is 0 Å². The molecule has 3 heterocycles. The molecule has 1 aromatic carbocycles. The third-order valence-electron chi connectivity index (χ3n) is 9.37. The van der Waals surface area contributed by atoms with E-state index in [9.17, 15) is 19.5 Å². The van der Waals surface area contributed by atoms with Gasteiger partial charge in [0.1, 0.15) is 11.6 Å². The Labute approximate surface area is 245 Å². The van der Waals surface area contributed by atoms with Crippen LogP contribution in [-0.2, 0) is 19.1 Å². The van der Waals surface area contributed by atoms with Gasteiger partial charge >= 0.3 is 0 Å². The molecule has 3 aliphatic heterocycles. The normalized spacial score (nSPS) is 28.2. The molecule has 41 heavy (non-hydrogen) atoms. The van der Waals surface area contributed by atoms with Gasteiger partial charge in [0.2, 0.25) is 17.7 Å². The minimum Gasteiger partial charge on any atom is -0.396 e. The summed E-state index contributed by atoms with van der Waals surface area (Å²) in [5.41, 5.74) is -1.12. The van der Waals surface area contributed by atoms with Gasteiger partial charge in [0.25, 0.3) is 0 Å². The second-order valence-corrected chi connectivity index (χ2v) is 11.9. The van der Waals surface area contributed by atoms with Crippen molar-refractivity contribution in [3.05, 3.63) is 55.6 Å². The molecule has 0 aromatic heterocycles. The summed E-state index contributed by atoms with van der Waals surface area (Å²) in [5.74, 6) is -1.88. The number of anilines is 1. The van der Waals surface area contributed by atoms with Crippen LogP contribution in [0.25, 0.3) is 0 Å². The van der Waals surface area contributed by atoms with Crippen molar-refractivity contribution < 1.29 is 24.2 Å². The highest BCUT2D eigenvalue weighted by molar-refractivity contribution is 6.03. The van der Waals surface area contributed by atoms with E-state index in [4.69, 9.17) is 4.74 Å². The molecule has 1 spiro atoms. The highest BCUT2D eigenvalue weighted by atomic mass is 16.5. The van der Waals surface area contributed by atoms with Gasteiger partial charge in [-0.05, 0) is 58.1 Å². The zero-order valence-electron chi connectivity index (χ0n) is 25.0. The zero-order chi connectivity index (χ0) is 29.8. The lowest BCUT2D eigenvalue weighted by molar-refractivity contribution is -0.153. The fourth-order valence-corrected chi connectivity index (χ4v) is 7.44. The van der Waals surface area contributed by atoms with Crippen LogP contribution in [0.3, 0.4) is 0 Å². The number of benzene rings is 1. The Morgan fingerprint density at radius 1 is 1.07 bits per heavy atom. The molecule has 0 radical (unpaired) electrons. The highest BCUT2D eigenvalue weighted by Crippen LogP contribution is 2.64. The molecule has 5 atom stereocenters. The Kier molecular flexibility index (Phi) is 9.75. The molecule has 1 N–H and O–H groups in total. The Morgan fingerprint density at radius 3 is 2.37 bits per heavy atom. The average molecular weight is 566 g/mol. The predicted molar refractivity (Wildman–Crippen MR) is 160 cm³/mol. The average Bonchev–Trinajstić information content (AvgIpc) is 3.57. The minimum atomic E-state index is -1.06. The maximum absolute atomic E-state index is 14.5. The molecule has 4 rings (SSSR count). The maximum Gasteiger partial charge on any atom is 0.248 e. The van der Waals surface area contributed by atoms with Gasteiger partial charge in [0, 0.05) is 38.0 Å². The van der Waals surface area contributed by atoms with E-state index in [2.05, 4.69) is 13.2 Å². The van der Waals surface area contributed by atoms with Crippen LogP contribution in [0, 0.1) is 11.8 Å². The number of likely N-dealkylation sites (tertiary alicyclic amines) is 1. The Morgan fingerprint density at radius 2 is 1.76 bits per heavy atom. The van der Waals surface area contributed by atoms with Crippen LogP contribution in [0.2, 0.25) is 0 Å². The molecule has 3 fully saturated rings. The minimum absolute atomic E-state index is 0.0882. The number of hydrogen-bond donors (Lipinski definition) is 1. The summed E-state index contributed by atoms with van der Waals surface area (Å²) in [4.78, 5) is 48.6. The molecule has 0 saturated carbocycles. The summed E-state index contributed by atoms with van der Waals surface area (Å²) in [6.07, 6.45) is 8.29. The number of aliphatic hydroxyl groups excluding tert-OH is 1. The topological polar surface area (TPSA) is 90.4 Å². The molecule has 3 aliphatic rings. The number of ether oxygens (including phenoxy) is 1. The fraction of sp³-hybridized carbons (Fsp3) is 0.606. The van der Waals surface area contributed by atoms with Crippen LogP contribution in [0.15, 0.2) is 55.6 Å². The van der Waals surface area contributed by atoms with E-state index in [1.165, 1.54) is 0 Å². The van der Waals surface area contributed by atoms with Crippen molar-refractivity contribution in [1.29, 1.82) is 0 Å². The molecule has 0 aliphatic carbocycles. The van der Waals surface area contributed by atoms with Gasteiger partial charge in [-0.1, -0.05) is 50.1 Å². The number of carbonyl (C=O) groups is 3. The quantitative estimate of drug-likeness (QED) is 0.253. The van der Waals surface area contributed by atoms with E-state index in [1.54, 1.807) is 26.9 Å². The molecule has 224 valence electrons. The predicted octanol–water partition coefficient (Wildman–Crippen LogP) is 4.34. The summed E-state index contributed by atoms with van der Waals surface area (Å²) < 4.78 is 6.96. The molecule has 3 amide bonds. The number of rotatable bonds is 15. The second kappa shape index (κ2) is 12.9. The monoisotopic (exact) mass is 565 g/mol. The summed E-state index contributed by atoms with van der Waals surface area (Å²) >= 11 is 0. The van der Waals surface area contributed by atoms with Gasteiger partial charge in [0.05, 0.1) is 17.4 Å². The van der Waals surface area contributed by atoms with Crippen LogP contribution < -0.4 is 4.90 Å². The first kappa shape index (κ1) is 31.0. The third-order valence-corrected chi connectivity index (χ3v) is 9.37. The van der Waals surface area contributed by atoms with Crippen molar-refractivity contribution >= 4 is 23.4 Å². The molecular weight excluding hydrogens is 518 g/mol. The lowest BCUT2D eigenvalue weighted by atomic mass is 9.64. The number of para-hydroxylation sites is 1. The first-order chi connectivity index (χ1) is 19.7. The van der Waals surface area contributed by atoms with Crippen molar-refractivity contribution in [3.63, 3.8) is 0 Å². The first-order valence-electron chi connectivity index (χ1n) is 15.2. The van der Waals surface area contributed by atoms with Crippen molar-refractivity contribution in [2.24, 2.45) is 11.8 Å². The smallest absolute Gasteiger partial charge is 0.248 e. The van der Waals surface area contributed by atoms with E-state index >= 15 is 0 Å². The second-order valence-electron chi connectivity index (χ2n) is 11.9.